The van der Waals surface area contributed by atoms with E-state index in [4.69, 9.17) is 11.6 Å². The van der Waals surface area contributed by atoms with Gasteiger partial charge in [-0.25, -0.2) is 4.39 Å². The maximum absolute atomic E-state index is 13.0. The number of carbonyl (C=O) groups excluding carboxylic acids is 1. The van der Waals surface area contributed by atoms with Gasteiger partial charge in [0.05, 0.1) is 6.07 Å². The topological polar surface area (TPSA) is 47.3 Å². The number of halogens is 2. The van der Waals surface area contributed by atoms with Crippen molar-refractivity contribution in [3.8, 4) is 6.07 Å². The number of rotatable bonds is 3. The third-order valence-corrected chi connectivity index (χ3v) is 4.62. The van der Waals surface area contributed by atoms with Crippen molar-refractivity contribution in [2.24, 2.45) is 0 Å². The first-order chi connectivity index (χ1) is 12.1. The van der Waals surface area contributed by atoms with Crippen LogP contribution in [-0.2, 0) is 0 Å². The molecule has 1 saturated heterocycles. The second-order valence-electron chi connectivity index (χ2n) is 5.92. The second kappa shape index (κ2) is 7.64. The van der Waals surface area contributed by atoms with Crippen LogP contribution in [0.25, 0.3) is 0 Å². The molecule has 1 heterocycles. The molecule has 2 aromatic carbocycles. The van der Waals surface area contributed by atoms with E-state index < -0.39 is 0 Å². The molecule has 6 heteroatoms. The third kappa shape index (κ3) is 3.98. The van der Waals surface area contributed by atoms with Crippen molar-refractivity contribution in [2.75, 3.05) is 26.2 Å². The van der Waals surface area contributed by atoms with E-state index in [1.165, 1.54) is 24.3 Å². The fraction of sp³-hybridized carbons (Fsp3) is 0.263. The van der Waals surface area contributed by atoms with Gasteiger partial charge in [-0.1, -0.05) is 23.7 Å². The van der Waals surface area contributed by atoms with Crippen molar-refractivity contribution in [3.05, 3.63) is 70.5 Å². The van der Waals surface area contributed by atoms with Gasteiger partial charge in [-0.3, -0.25) is 9.69 Å². The molecule has 25 heavy (non-hydrogen) atoms. The highest BCUT2D eigenvalue weighted by Gasteiger charge is 2.27. The van der Waals surface area contributed by atoms with E-state index in [1.54, 1.807) is 17.0 Å². The first kappa shape index (κ1) is 17.4. The van der Waals surface area contributed by atoms with Gasteiger partial charge in [0.1, 0.15) is 11.9 Å². The van der Waals surface area contributed by atoms with Gasteiger partial charge in [-0.05, 0) is 42.0 Å². The predicted octanol–water partition coefficient (Wildman–Crippen LogP) is 3.50. The summed E-state index contributed by atoms with van der Waals surface area (Å²) in [5, 5.41) is 10.2. The van der Waals surface area contributed by atoms with Crippen molar-refractivity contribution in [3.63, 3.8) is 0 Å². The summed E-state index contributed by atoms with van der Waals surface area (Å²) < 4.78 is 13.0. The summed E-state index contributed by atoms with van der Waals surface area (Å²) in [5.74, 6) is -0.471. The van der Waals surface area contributed by atoms with Crippen LogP contribution in [0.4, 0.5) is 4.39 Å². The summed E-state index contributed by atoms with van der Waals surface area (Å²) >= 11 is 5.90. The molecular formula is C19H17ClFN3O. The molecular weight excluding hydrogens is 341 g/mol. The maximum Gasteiger partial charge on any atom is 0.253 e. The molecule has 1 fully saturated rings. The summed E-state index contributed by atoms with van der Waals surface area (Å²) in [7, 11) is 0. The number of nitriles is 1. The molecule has 3 rings (SSSR count). The van der Waals surface area contributed by atoms with Gasteiger partial charge in [0.25, 0.3) is 5.91 Å². The minimum absolute atomic E-state index is 0.111. The minimum Gasteiger partial charge on any atom is -0.336 e. The zero-order valence-electron chi connectivity index (χ0n) is 13.5. The molecule has 0 N–H and O–H groups in total. The Balaban J connectivity index is 1.64. The third-order valence-electron chi connectivity index (χ3n) is 4.37. The van der Waals surface area contributed by atoms with E-state index in [0.717, 1.165) is 5.56 Å². The molecule has 1 aliphatic rings. The lowest BCUT2D eigenvalue weighted by atomic mass is 10.1. The van der Waals surface area contributed by atoms with Crippen LogP contribution in [0.3, 0.4) is 0 Å². The largest absolute Gasteiger partial charge is 0.336 e. The molecule has 2 aromatic rings. The Bertz CT molecular complexity index is 778. The summed E-state index contributed by atoms with van der Waals surface area (Å²) in [6, 6.07) is 14.8. The first-order valence-corrected chi connectivity index (χ1v) is 8.40. The van der Waals surface area contributed by atoms with Crippen LogP contribution in [0.2, 0.25) is 5.02 Å². The molecule has 128 valence electrons. The lowest BCUT2D eigenvalue weighted by Gasteiger charge is -2.37. The van der Waals surface area contributed by atoms with E-state index in [0.29, 0.717) is 36.8 Å². The fourth-order valence-electron chi connectivity index (χ4n) is 2.97. The van der Waals surface area contributed by atoms with Crippen LogP contribution < -0.4 is 0 Å². The summed E-state index contributed by atoms with van der Waals surface area (Å²) in [6.07, 6.45) is 0. The van der Waals surface area contributed by atoms with Crippen molar-refractivity contribution in [1.82, 2.24) is 9.80 Å². The van der Waals surface area contributed by atoms with E-state index in [-0.39, 0.29) is 17.8 Å². The van der Waals surface area contributed by atoms with E-state index in [9.17, 15) is 14.4 Å². The summed E-state index contributed by atoms with van der Waals surface area (Å²) in [4.78, 5) is 16.3. The van der Waals surface area contributed by atoms with Crippen molar-refractivity contribution in [1.29, 1.82) is 5.26 Å². The molecule has 1 amide bonds. The van der Waals surface area contributed by atoms with Crippen LogP contribution in [0.5, 0.6) is 0 Å². The monoisotopic (exact) mass is 357 g/mol. The molecule has 4 nitrogen and oxygen atoms in total. The number of carbonyl (C=O) groups is 1. The zero-order valence-corrected chi connectivity index (χ0v) is 14.3. The number of amides is 1. The van der Waals surface area contributed by atoms with Crippen LogP contribution in [0.15, 0.2) is 48.5 Å². The highest BCUT2D eigenvalue weighted by molar-refractivity contribution is 6.30. The lowest BCUT2D eigenvalue weighted by Crippen LogP contribution is -2.49. The average molecular weight is 358 g/mol. The molecule has 0 saturated carbocycles. The lowest BCUT2D eigenvalue weighted by molar-refractivity contribution is 0.0606. The Morgan fingerprint density at radius 3 is 2.20 bits per heavy atom. The van der Waals surface area contributed by atoms with Gasteiger partial charge >= 0.3 is 0 Å². The Morgan fingerprint density at radius 1 is 1.04 bits per heavy atom. The number of hydrogen-bond acceptors (Lipinski definition) is 3. The maximum atomic E-state index is 13.0. The number of nitrogens with zero attached hydrogens (tertiary/aromatic N) is 3. The highest BCUT2D eigenvalue weighted by Crippen LogP contribution is 2.23. The molecule has 1 aliphatic heterocycles. The Kier molecular flexibility index (Phi) is 5.32. The SMILES string of the molecule is N#CC(c1ccc(Cl)cc1)N1CCN(C(=O)c2ccc(F)cc2)CC1. The second-order valence-corrected chi connectivity index (χ2v) is 6.35. The average Bonchev–Trinajstić information content (AvgIpc) is 2.64. The molecule has 0 aromatic heterocycles. The van der Waals surface area contributed by atoms with Gasteiger partial charge in [0.15, 0.2) is 0 Å². The van der Waals surface area contributed by atoms with E-state index in [1.807, 2.05) is 12.1 Å². The first-order valence-electron chi connectivity index (χ1n) is 8.02. The fourth-order valence-corrected chi connectivity index (χ4v) is 3.10. The van der Waals surface area contributed by atoms with Gasteiger partial charge in [-0.15, -0.1) is 0 Å². The molecule has 0 radical (unpaired) electrons. The zero-order chi connectivity index (χ0) is 17.8. The Labute approximate surface area is 151 Å². The van der Waals surface area contributed by atoms with Crippen LogP contribution >= 0.6 is 11.6 Å². The van der Waals surface area contributed by atoms with Crippen LogP contribution in [0.1, 0.15) is 22.0 Å². The number of piperazine rings is 1. The standard InChI is InChI=1S/C19H17ClFN3O/c20-16-5-1-14(2-6-16)18(13-22)23-9-11-24(12-10-23)19(25)15-3-7-17(21)8-4-15/h1-8,18H,9-12H2. The van der Waals surface area contributed by atoms with Crippen LogP contribution in [0, 0.1) is 17.1 Å². The number of hydrogen-bond donors (Lipinski definition) is 0. The normalized spacial score (nSPS) is 16.3. The summed E-state index contributed by atoms with van der Waals surface area (Å²) in [6.45, 7) is 2.27. The molecule has 1 unspecified atom stereocenters. The van der Waals surface area contributed by atoms with Gasteiger partial charge in [0.2, 0.25) is 0 Å². The van der Waals surface area contributed by atoms with Crippen molar-refractivity contribution < 1.29 is 9.18 Å². The molecule has 0 bridgehead atoms. The van der Waals surface area contributed by atoms with Gasteiger partial charge in [0, 0.05) is 36.8 Å². The number of benzene rings is 2. The van der Waals surface area contributed by atoms with Crippen molar-refractivity contribution in [2.45, 2.75) is 6.04 Å². The van der Waals surface area contributed by atoms with Gasteiger partial charge in [-0.2, -0.15) is 5.26 Å². The van der Waals surface area contributed by atoms with Gasteiger partial charge < -0.3 is 4.90 Å². The Morgan fingerprint density at radius 2 is 1.64 bits per heavy atom. The smallest absolute Gasteiger partial charge is 0.253 e. The molecule has 0 aliphatic carbocycles. The minimum atomic E-state index is -0.361. The predicted molar refractivity (Wildman–Crippen MR) is 93.7 cm³/mol. The summed E-state index contributed by atoms with van der Waals surface area (Å²) in [5.41, 5.74) is 1.37. The van der Waals surface area contributed by atoms with E-state index in [2.05, 4.69) is 11.0 Å². The van der Waals surface area contributed by atoms with E-state index >= 15 is 0 Å². The van der Waals surface area contributed by atoms with Crippen LogP contribution in [-0.4, -0.2) is 41.9 Å². The van der Waals surface area contributed by atoms with Crippen molar-refractivity contribution >= 4 is 17.5 Å². The molecule has 1 atom stereocenters. The Hall–Kier alpha value is -2.42. The molecule has 0 spiro atoms. The highest BCUT2D eigenvalue weighted by atomic mass is 35.5. The quantitative estimate of drug-likeness (QED) is 0.844.